The third-order valence-corrected chi connectivity index (χ3v) is 5.04. The molecule has 2 aromatic rings. The molecule has 2 aromatic carbocycles. The van der Waals surface area contributed by atoms with Crippen molar-refractivity contribution in [1.29, 1.82) is 0 Å². The Morgan fingerprint density at radius 3 is 2.41 bits per heavy atom. The van der Waals surface area contributed by atoms with Crippen molar-refractivity contribution in [1.82, 2.24) is 0 Å². The molecule has 154 valence electrons. The molecule has 0 aromatic heterocycles. The molecule has 1 fully saturated rings. The van der Waals surface area contributed by atoms with E-state index in [2.05, 4.69) is 0 Å². The number of hydrogen-bond donors (Lipinski definition) is 0. The number of carbonyl (C=O) groups excluding carboxylic acids is 1. The minimum Gasteiger partial charge on any atom is -0.503 e. The smallest absolute Gasteiger partial charge is 0.341 e. The van der Waals surface area contributed by atoms with Crippen LogP contribution in [-0.4, -0.2) is 26.8 Å². The van der Waals surface area contributed by atoms with E-state index >= 15 is 0 Å². The molecule has 29 heavy (non-hydrogen) atoms. The quantitative estimate of drug-likeness (QED) is 0.294. The van der Waals surface area contributed by atoms with Crippen LogP contribution in [-0.2, 0) is 20.9 Å². The zero-order chi connectivity index (χ0) is 20.8. The summed E-state index contributed by atoms with van der Waals surface area (Å²) in [7, 11) is 2.79. The first-order valence-corrected chi connectivity index (χ1v) is 9.93. The Hall–Kier alpha value is -2.37. The van der Waals surface area contributed by atoms with Crippen LogP contribution in [0.1, 0.15) is 24.0 Å². The Morgan fingerprint density at radius 1 is 1.10 bits per heavy atom. The molecular weight excluding hydrogens is 415 g/mol. The van der Waals surface area contributed by atoms with Crippen molar-refractivity contribution >= 4 is 34.7 Å². The van der Waals surface area contributed by atoms with Gasteiger partial charge in [0.15, 0.2) is 5.75 Å². The van der Waals surface area contributed by atoms with Gasteiger partial charge in [-0.1, -0.05) is 47.5 Å². The van der Waals surface area contributed by atoms with Crippen LogP contribution in [0, 0.1) is 5.92 Å². The molecule has 0 spiro atoms. The zero-order valence-corrected chi connectivity index (χ0v) is 17.8. The highest BCUT2D eigenvalue weighted by atomic mass is 35.5. The van der Waals surface area contributed by atoms with Crippen molar-refractivity contribution in [2.45, 2.75) is 19.4 Å². The van der Waals surface area contributed by atoms with Gasteiger partial charge in [0.1, 0.15) is 17.9 Å². The molecular formula is C22H22Cl2O5. The number of ether oxygens (including phenoxy) is 4. The number of hydrogen-bond acceptors (Lipinski definition) is 5. The van der Waals surface area contributed by atoms with Crippen LogP contribution in [0.25, 0.3) is 5.57 Å². The van der Waals surface area contributed by atoms with E-state index in [-0.39, 0.29) is 6.61 Å². The van der Waals surface area contributed by atoms with Gasteiger partial charge in [-0.25, -0.2) is 4.79 Å². The summed E-state index contributed by atoms with van der Waals surface area (Å²) in [6.07, 6.45) is 3.71. The summed E-state index contributed by atoms with van der Waals surface area (Å²) in [4.78, 5) is 12.1. The number of rotatable bonds is 9. The molecule has 1 saturated carbocycles. The Kier molecular flexibility index (Phi) is 7.29. The van der Waals surface area contributed by atoms with Gasteiger partial charge in [0, 0.05) is 12.1 Å². The molecule has 0 saturated heterocycles. The monoisotopic (exact) mass is 436 g/mol. The highest BCUT2D eigenvalue weighted by Gasteiger charge is 2.23. The fraction of sp³-hybridized carbons (Fsp3) is 0.318. The Labute approximate surface area is 180 Å². The summed E-state index contributed by atoms with van der Waals surface area (Å²) in [5.41, 5.74) is 1.74. The van der Waals surface area contributed by atoms with Gasteiger partial charge in [-0.2, -0.15) is 0 Å². The second-order valence-electron chi connectivity index (χ2n) is 6.68. The maximum atomic E-state index is 12.1. The van der Waals surface area contributed by atoms with Crippen molar-refractivity contribution in [2.24, 2.45) is 5.92 Å². The van der Waals surface area contributed by atoms with E-state index in [4.69, 9.17) is 42.1 Å². The van der Waals surface area contributed by atoms with Crippen LogP contribution < -0.4 is 9.47 Å². The first-order valence-electron chi connectivity index (χ1n) is 9.17. The van der Waals surface area contributed by atoms with Gasteiger partial charge >= 0.3 is 5.97 Å². The van der Waals surface area contributed by atoms with Gasteiger partial charge in [0.05, 0.1) is 37.1 Å². The predicted octanol–water partition coefficient (Wildman–Crippen LogP) is 5.52. The molecule has 1 aliphatic rings. The molecule has 0 atom stereocenters. The fourth-order valence-corrected chi connectivity index (χ4v) is 3.34. The molecule has 0 unspecified atom stereocenters. The molecule has 0 amide bonds. The van der Waals surface area contributed by atoms with Crippen molar-refractivity contribution < 1.29 is 23.7 Å². The third kappa shape index (κ3) is 5.58. The summed E-state index contributed by atoms with van der Waals surface area (Å²) in [5, 5.41) is 0.798. The summed E-state index contributed by atoms with van der Waals surface area (Å²) in [6.45, 7) is 0.818. The van der Waals surface area contributed by atoms with Crippen molar-refractivity contribution in [3.8, 4) is 11.5 Å². The topological polar surface area (TPSA) is 54.0 Å². The van der Waals surface area contributed by atoms with Gasteiger partial charge < -0.3 is 18.9 Å². The first-order chi connectivity index (χ1) is 14.0. The first kappa shape index (κ1) is 21.3. The average molecular weight is 437 g/mol. The van der Waals surface area contributed by atoms with Crippen molar-refractivity contribution in [2.75, 3.05) is 20.8 Å². The number of esters is 1. The molecule has 0 heterocycles. The second-order valence-corrected chi connectivity index (χ2v) is 7.49. The largest absolute Gasteiger partial charge is 0.503 e. The van der Waals surface area contributed by atoms with E-state index in [1.165, 1.54) is 33.3 Å². The lowest BCUT2D eigenvalue weighted by molar-refractivity contribution is -0.133. The summed E-state index contributed by atoms with van der Waals surface area (Å²) in [5.74, 6) is 1.08. The van der Waals surface area contributed by atoms with Gasteiger partial charge in [-0.3, -0.25) is 0 Å². The highest BCUT2D eigenvalue weighted by Crippen LogP contribution is 2.39. The lowest BCUT2D eigenvalue weighted by Crippen LogP contribution is -2.08. The third-order valence-electron chi connectivity index (χ3n) is 4.47. The number of carbonyl (C=O) groups is 1. The van der Waals surface area contributed by atoms with E-state index in [1.54, 1.807) is 18.2 Å². The SMILES string of the molecule is COC=C(C(=O)OC)c1ccccc1COc1cc(Cl)c(OCC2CC2)c(Cl)c1. The number of benzene rings is 2. The minimum absolute atomic E-state index is 0.198. The molecule has 3 rings (SSSR count). The molecule has 0 radical (unpaired) electrons. The van der Waals surface area contributed by atoms with Crippen LogP contribution in [0.2, 0.25) is 10.0 Å². The minimum atomic E-state index is -0.498. The Balaban J connectivity index is 1.76. The van der Waals surface area contributed by atoms with Gasteiger partial charge in [0.25, 0.3) is 0 Å². The van der Waals surface area contributed by atoms with Crippen LogP contribution in [0.15, 0.2) is 42.7 Å². The maximum absolute atomic E-state index is 12.1. The fourth-order valence-electron chi connectivity index (χ4n) is 2.76. The Morgan fingerprint density at radius 2 is 1.79 bits per heavy atom. The molecule has 5 nitrogen and oxygen atoms in total. The lowest BCUT2D eigenvalue weighted by Gasteiger charge is -2.14. The van der Waals surface area contributed by atoms with Crippen LogP contribution in [0.5, 0.6) is 11.5 Å². The Bertz CT molecular complexity index is 883. The summed E-state index contributed by atoms with van der Waals surface area (Å²) < 4.78 is 21.5. The molecule has 7 heteroatoms. The summed E-state index contributed by atoms with van der Waals surface area (Å²) in [6, 6.07) is 10.7. The van der Waals surface area contributed by atoms with Crippen molar-refractivity contribution in [3.63, 3.8) is 0 Å². The zero-order valence-electron chi connectivity index (χ0n) is 16.2. The number of methoxy groups -OCH3 is 2. The molecule has 0 bridgehead atoms. The molecule has 0 aliphatic heterocycles. The average Bonchev–Trinajstić information content (AvgIpc) is 3.54. The highest BCUT2D eigenvalue weighted by molar-refractivity contribution is 6.37. The molecule has 0 N–H and O–H groups in total. The van der Waals surface area contributed by atoms with E-state index in [1.807, 2.05) is 18.2 Å². The lowest BCUT2D eigenvalue weighted by atomic mass is 10.0. The van der Waals surface area contributed by atoms with Crippen LogP contribution in [0.3, 0.4) is 0 Å². The summed E-state index contributed by atoms with van der Waals surface area (Å²) >= 11 is 12.7. The normalized spacial score (nSPS) is 13.7. The van der Waals surface area contributed by atoms with E-state index in [0.717, 1.165) is 5.56 Å². The van der Waals surface area contributed by atoms with Crippen molar-refractivity contribution in [3.05, 3.63) is 63.8 Å². The van der Waals surface area contributed by atoms with Gasteiger partial charge in [-0.05, 0) is 29.9 Å². The van der Waals surface area contributed by atoms with E-state index in [9.17, 15) is 4.79 Å². The van der Waals surface area contributed by atoms with Gasteiger partial charge in [0.2, 0.25) is 0 Å². The van der Waals surface area contributed by atoms with Gasteiger partial charge in [-0.15, -0.1) is 0 Å². The molecule has 1 aliphatic carbocycles. The second kappa shape index (κ2) is 9.90. The van der Waals surface area contributed by atoms with E-state index < -0.39 is 5.97 Å². The van der Waals surface area contributed by atoms with Crippen LogP contribution in [0.4, 0.5) is 0 Å². The van der Waals surface area contributed by atoms with Crippen LogP contribution >= 0.6 is 23.2 Å². The van der Waals surface area contributed by atoms with E-state index in [0.29, 0.717) is 45.2 Å². The number of halogens is 2. The predicted molar refractivity (Wildman–Crippen MR) is 112 cm³/mol. The maximum Gasteiger partial charge on any atom is 0.341 e. The standard InChI is InChI=1S/C22H22Cl2O5/c1-26-13-18(22(25)27-2)17-6-4-3-5-15(17)12-28-16-9-19(23)21(20(24)10-16)29-11-14-7-8-14/h3-6,9-10,13-14H,7-8,11-12H2,1-2H3.